The first-order valence-electron chi connectivity index (χ1n) is 7.09. The molecule has 0 spiro atoms. The van der Waals surface area contributed by atoms with Gasteiger partial charge in [0.05, 0.1) is 27.7 Å². The quantitative estimate of drug-likeness (QED) is 0.544. The molecular formula is C18H11N2O4-. The van der Waals surface area contributed by atoms with Crippen LogP contribution in [0.5, 0.6) is 0 Å². The van der Waals surface area contributed by atoms with Gasteiger partial charge in [-0.3, -0.25) is 10.1 Å². The molecule has 0 unspecified atom stereocenters. The lowest BCUT2D eigenvalue weighted by atomic mass is 10.1. The van der Waals surface area contributed by atoms with E-state index in [-0.39, 0.29) is 11.3 Å². The van der Waals surface area contributed by atoms with Gasteiger partial charge in [0.1, 0.15) is 0 Å². The number of benzene rings is 2. The Balaban J connectivity index is 2.08. The Bertz CT molecular complexity index is 980. The summed E-state index contributed by atoms with van der Waals surface area (Å²) in [6.45, 7) is 0. The van der Waals surface area contributed by atoms with Crippen LogP contribution >= 0.6 is 0 Å². The number of carbonyl (C=O) groups excluding carboxylic acids is 1. The molecule has 0 aliphatic heterocycles. The van der Waals surface area contributed by atoms with Gasteiger partial charge in [-0.15, -0.1) is 0 Å². The lowest BCUT2D eigenvalue weighted by Crippen LogP contribution is -2.22. The molecule has 0 amide bonds. The number of rotatable bonds is 4. The standard InChI is InChI=1S/C18H12N2O4/c21-18(22)15-11-13(19-16-7-3-2-6-14(15)16)10-9-12-5-1-4-8-17(12)20(23)24/h1-11H,(H,21,22)/p-1/b10-9+. The number of hydrogen-bond donors (Lipinski definition) is 0. The van der Waals surface area contributed by atoms with Crippen LogP contribution in [-0.2, 0) is 0 Å². The molecule has 0 bridgehead atoms. The summed E-state index contributed by atoms with van der Waals surface area (Å²) >= 11 is 0. The molecule has 0 atom stereocenters. The highest BCUT2D eigenvalue weighted by molar-refractivity contribution is 6.02. The van der Waals surface area contributed by atoms with E-state index >= 15 is 0 Å². The van der Waals surface area contributed by atoms with Crippen molar-refractivity contribution >= 4 is 34.7 Å². The molecule has 0 aliphatic rings. The van der Waals surface area contributed by atoms with Gasteiger partial charge in [-0.25, -0.2) is 4.98 Å². The summed E-state index contributed by atoms with van der Waals surface area (Å²) in [6, 6.07) is 14.5. The smallest absolute Gasteiger partial charge is 0.276 e. The lowest BCUT2D eigenvalue weighted by Gasteiger charge is -2.08. The predicted octanol–water partition coefficient (Wildman–Crippen LogP) is 2.68. The van der Waals surface area contributed by atoms with Crippen molar-refractivity contribution in [1.29, 1.82) is 0 Å². The number of carboxylic acids is 1. The number of nitro benzene ring substituents is 1. The minimum Gasteiger partial charge on any atom is -0.545 e. The first kappa shape index (κ1) is 15.4. The van der Waals surface area contributed by atoms with Crippen LogP contribution in [0, 0.1) is 10.1 Å². The number of aromatic carboxylic acids is 1. The normalized spacial score (nSPS) is 11.0. The van der Waals surface area contributed by atoms with Crippen LogP contribution in [0.25, 0.3) is 23.1 Å². The van der Waals surface area contributed by atoms with Crippen LogP contribution in [0.2, 0.25) is 0 Å². The van der Waals surface area contributed by atoms with Crippen LogP contribution in [-0.4, -0.2) is 15.9 Å². The minimum atomic E-state index is -1.30. The van der Waals surface area contributed by atoms with Crippen molar-refractivity contribution in [1.82, 2.24) is 4.98 Å². The van der Waals surface area contributed by atoms with Crippen molar-refractivity contribution in [3.8, 4) is 0 Å². The zero-order chi connectivity index (χ0) is 17.1. The van der Waals surface area contributed by atoms with Gasteiger partial charge in [-0.05, 0) is 30.4 Å². The van der Waals surface area contributed by atoms with Crippen LogP contribution in [0.3, 0.4) is 0 Å². The topological polar surface area (TPSA) is 96.2 Å². The summed E-state index contributed by atoms with van der Waals surface area (Å²) in [5.74, 6) is -1.30. The minimum absolute atomic E-state index is 0.0304. The van der Waals surface area contributed by atoms with Gasteiger partial charge >= 0.3 is 0 Å². The lowest BCUT2D eigenvalue weighted by molar-refractivity contribution is -0.385. The average Bonchev–Trinajstić information content (AvgIpc) is 2.59. The summed E-state index contributed by atoms with van der Waals surface area (Å²) in [4.78, 5) is 26.2. The van der Waals surface area contributed by atoms with E-state index in [1.807, 2.05) is 0 Å². The first-order chi connectivity index (χ1) is 11.6. The highest BCUT2D eigenvalue weighted by Crippen LogP contribution is 2.22. The number of pyridine rings is 1. The Morgan fingerprint density at radius 2 is 1.75 bits per heavy atom. The number of para-hydroxylation sites is 2. The highest BCUT2D eigenvalue weighted by atomic mass is 16.6. The molecule has 3 aromatic rings. The van der Waals surface area contributed by atoms with Gasteiger partial charge in [-0.2, -0.15) is 0 Å². The van der Waals surface area contributed by atoms with Crippen LogP contribution in [0.1, 0.15) is 21.6 Å². The SMILES string of the molecule is O=C([O-])c1cc(/C=C/c2ccccc2[N+](=O)[O-])nc2ccccc12. The largest absolute Gasteiger partial charge is 0.545 e. The van der Waals surface area contributed by atoms with Gasteiger partial charge in [0.2, 0.25) is 0 Å². The average molecular weight is 319 g/mol. The predicted molar refractivity (Wildman–Crippen MR) is 88.1 cm³/mol. The van der Waals surface area contributed by atoms with Gasteiger partial charge < -0.3 is 9.90 Å². The van der Waals surface area contributed by atoms with Crippen LogP contribution in [0.4, 0.5) is 5.69 Å². The second-order valence-corrected chi connectivity index (χ2v) is 5.05. The maximum Gasteiger partial charge on any atom is 0.276 e. The van der Waals surface area contributed by atoms with Crippen molar-refractivity contribution in [2.75, 3.05) is 0 Å². The summed E-state index contributed by atoms with van der Waals surface area (Å²) in [5, 5.41) is 22.8. The molecule has 1 heterocycles. The fourth-order valence-electron chi connectivity index (χ4n) is 2.42. The molecule has 0 saturated heterocycles. The van der Waals surface area contributed by atoms with Crippen LogP contribution < -0.4 is 5.11 Å². The van der Waals surface area contributed by atoms with E-state index in [0.717, 1.165) is 0 Å². The molecule has 6 nitrogen and oxygen atoms in total. The molecule has 3 rings (SSSR count). The fraction of sp³-hybridized carbons (Fsp3) is 0. The number of fused-ring (bicyclic) bond motifs is 1. The third-order valence-corrected chi connectivity index (χ3v) is 3.52. The summed E-state index contributed by atoms with van der Waals surface area (Å²) < 4.78 is 0. The van der Waals surface area contributed by atoms with Gasteiger partial charge in [-0.1, -0.05) is 30.3 Å². The van der Waals surface area contributed by atoms with E-state index in [9.17, 15) is 20.0 Å². The highest BCUT2D eigenvalue weighted by Gasteiger charge is 2.10. The number of carboxylic acid groups (broad SMARTS) is 1. The number of hydrogen-bond acceptors (Lipinski definition) is 5. The molecule has 0 fully saturated rings. The van der Waals surface area contributed by atoms with E-state index < -0.39 is 10.9 Å². The third-order valence-electron chi connectivity index (χ3n) is 3.52. The van der Waals surface area contributed by atoms with E-state index in [0.29, 0.717) is 22.2 Å². The van der Waals surface area contributed by atoms with E-state index in [1.54, 1.807) is 48.5 Å². The van der Waals surface area contributed by atoms with Crippen molar-refractivity contribution < 1.29 is 14.8 Å². The molecule has 6 heteroatoms. The number of nitrogens with zero attached hydrogens (tertiary/aromatic N) is 2. The Morgan fingerprint density at radius 1 is 1.04 bits per heavy atom. The van der Waals surface area contributed by atoms with Gasteiger partial charge in [0, 0.05) is 17.0 Å². The second-order valence-electron chi connectivity index (χ2n) is 5.05. The molecule has 24 heavy (non-hydrogen) atoms. The Hall–Kier alpha value is -3.54. The maximum atomic E-state index is 11.3. The summed E-state index contributed by atoms with van der Waals surface area (Å²) in [5.41, 5.74) is 1.30. The van der Waals surface area contributed by atoms with Crippen LogP contribution in [0.15, 0.2) is 54.6 Å². The molecular weight excluding hydrogens is 308 g/mol. The third kappa shape index (κ3) is 2.98. The van der Waals surface area contributed by atoms with Crippen molar-refractivity contribution in [3.05, 3.63) is 81.5 Å². The molecule has 0 N–H and O–H groups in total. The molecule has 0 aliphatic carbocycles. The molecule has 1 aromatic heterocycles. The van der Waals surface area contributed by atoms with Crippen molar-refractivity contribution in [2.45, 2.75) is 0 Å². The zero-order valence-corrected chi connectivity index (χ0v) is 12.4. The number of aromatic nitrogens is 1. The summed E-state index contributed by atoms with van der Waals surface area (Å²) in [6.07, 6.45) is 3.08. The second kappa shape index (κ2) is 6.29. The first-order valence-corrected chi connectivity index (χ1v) is 7.09. The van der Waals surface area contributed by atoms with E-state index in [1.165, 1.54) is 18.2 Å². The van der Waals surface area contributed by atoms with Crippen molar-refractivity contribution in [3.63, 3.8) is 0 Å². The van der Waals surface area contributed by atoms with E-state index in [2.05, 4.69) is 4.98 Å². The molecule has 0 saturated carbocycles. The van der Waals surface area contributed by atoms with Crippen molar-refractivity contribution in [2.24, 2.45) is 0 Å². The zero-order valence-electron chi connectivity index (χ0n) is 12.4. The fourth-order valence-corrected chi connectivity index (χ4v) is 2.42. The van der Waals surface area contributed by atoms with Gasteiger partial charge in [0.25, 0.3) is 5.69 Å². The van der Waals surface area contributed by atoms with Gasteiger partial charge in [0.15, 0.2) is 0 Å². The molecule has 2 aromatic carbocycles. The Labute approximate surface area is 136 Å². The number of carbonyl (C=O) groups is 1. The molecule has 118 valence electrons. The molecule has 0 radical (unpaired) electrons. The van der Waals surface area contributed by atoms with E-state index in [4.69, 9.17) is 0 Å². The Morgan fingerprint density at radius 3 is 2.50 bits per heavy atom. The summed E-state index contributed by atoms with van der Waals surface area (Å²) in [7, 11) is 0. The maximum absolute atomic E-state index is 11.3. The number of nitro groups is 1. The Kier molecular flexibility index (Phi) is 4.03. The monoisotopic (exact) mass is 319 g/mol.